The maximum atomic E-state index is 14.7. The monoisotopic (exact) mass is 578 g/mol. The van der Waals surface area contributed by atoms with Gasteiger partial charge in [-0.3, -0.25) is 9.57 Å². The fraction of sp³-hybridized carbons (Fsp3) is 0.433. The lowest BCUT2D eigenvalue weighted by Crippen LogP contribution is -2.44. The van der Waals surface area contributed by atoms with Gasteiger partial charge in [-0.1, -0.05) is 12.1 Å². The molecule has 0 radical (unpaired) electrons. The van der Waals surface area contributed by atoms with Crippen molar-refractivity contribution in [2.24, 2.45) is 5.92 Å². The van der Waals surface area contributed by atoms with Crippen LogP contribution in [-0.2, 0) is 14.5 Å². The van der Waals surface area contributed by atoms with Crippen molar-refractivity contribution >= 4 is 21.3 Å². The first-order valence-electron chi connectivity index (χ1n) is 14.0. The Bertz CT molecular complexity index is 1580. The van der Waals surface area contributed by atoms with E-state index in [0.29, 0.717) is 61.7 Å². The number of alkyl halides is 1. The van der Waals surface area contributed by atoms with E-state index in [-0.39, 0.29) is 24.1 Å². The van der Waals surface area contributed by atoms with Crippen LogP contribution in [0, 0.1) is 27.8 Å². The lowest BCUT2D eigenvalue weighted by Gasteiger charge is -2.32. The van der Waals surface area contributed by atoms with Gasteiger partial charge in [-0.2, -0.15) is 10.4 Å². The van der Waals surface area contributed by atoms with Crippen molar-refractivity contribution < 1.29 is 17.8 Å². The Labute approximate surface area is 238 Å². The molecule has 1 aromatic heterocycles. The number of rotatable bonds is 6. The van der Waals surface area contributed by atoms with Crippen molar-refractivity contribution in [2.45, 2.75) is 49.7 Å². The number of hydrogen-bond donors (Lipinski definition) is 2. The molecule has 41 heavy (non-hydrogen) atoms. The minimum Gasteiger partial charge on any atom is -0.370 e. The third-order valence-electron chi connectivity index (χ3n) is 8.56. The molecule has 1 saturated heterocycles. The fourth-order valence-corrected chi connectivity index (χ4v) is 7.14. The molecule has 2 saturated carbocycles. The summed E-state index contributed by atoms with van der Waals surface area (Å²) in [5.74, 6) is -1.02. The Balaban J connectivity index is 1.36. The van der Waals surface area contributed by atoms with Gasteiger partial charge >= 0.3 is 0 Å². The molecule has 6 rings (SSSR count). The van der Waals surface area contributed by atoms with Gasteiger partial charge in [-0.15, -0.1) is 0 Å². The normalized spacial score (nSPS) is 24.8. The summed E-state index contributed by atoms with van der Waals surface area (Å²) in [6, 6.07) is 16.1. The number of hydrogen-bond acceptors (Lipinski definition) is 6. The molecule has 11 heteroatoms. The van der Waals surface area contributed by atoms with Crippen LogP contribution in [0.5, 0.6) is 0 Å². The van der Waals surface area contributed by atoms with Crippen molar-refractivity contribution in [3.05, 3.63) is 66.2 Å². The zero-order valence-corrected chi connectivity index (χ0v) is 23.4. The molecular formula is C30H32F2N6O2S. The average molecular weight is 579 g/mol. The largest absolute Gasteiger partial charge is 0.370 e. The molecule has 3 aromatic rings. The SMILES string of the molecule is N#CC1(NC(=O)[C@@H]2C[C@@H](F)CC[C@H]2c2nn(-c3ccc(F)cc3)cc2-c2ccc(N3CCS(=N)(=O)CC3)cc2)CC1. The smallest absolute Gasteiger partial charge is 0.225 e. The highest BCUT2D eigenvalue weighted by Gasteiger charge is 2.48. The first kappa shape index (κ1) is 27.4. The number of carbonyl (C=O) groups is 1. The molecule has 0 bridgehead atoms. The van der Waals surface area contributed by atoms with Crippen molar-refractivity contribution in [3.63, 3.8) is 0 Å². The molecule has 2 aliphatic carbocycles. The summed E-state index contributed by atoms with van der Waals surface area (Å²) in [6.45, 7) is 1.12. The summed E-state index contributed by atoms with van der Waals surface area (Å²) < 4.78 is 49.9. The summed E-state index contributed by atoms with van der Waals surface area (Å²) in [6.07, 6.45) is 2.76. The van der Waals surface area contributed by atoms with Crippen molar-refractivity contribution in [2.75, 3.05) is 29.5 Å². The summed E-state index contributed by atoms with van der Waals surface area (Å²) in [5.41, 5.74) is 3.12. The van der Waals surface area contributed by atoms with Gasteiger partial charge in [-0.25, -0.2) is 17.7 Å². The van der Waals surface area contributed by atoms with Gasteiger partial charge in [0.25, 0.3) is 0 Å². The molecule has 3 aliphatic rings. The van der Waals surface area contributed by atoms with Gasteiger partial charge < -0.3 is 10.2 Å². The molecule has 1 aliphatic heterocycles. The number of amides is 1. The summed E-state index contributed by atoms with van der Waals surface area (Å²) >= 11 is 0. The zero-order chi connectivity index (χ0) is 28.8. The first-order valence-corrected chi connectivity index (χ1v) is 15.9. The maximum absolute atomic E-state index is 14.7. The van der Waals surface area contributed by atoms with Crippen molar-refractivity contribution in [3.8, 4) is 22.9 Å². The molecule has 3 atom stereocenters. The van der Waals surface area contributed by atoms with E-state index in [4.69, 9.17) is 9.88 Å². The van der Waals surface area contributed by atoms with Crippen LogP contribution < -0.4 is 10.2 Å². The minimum absolute atomic E-state index is 0.0634. The number of nitrogens with one attached hydrogen (secondary N) is 2. The van der Waals surface area contributed by atoms with Gasteiger partial charge in [0.15, 0.2) is 0 Å². The van der Waals surface area contributed by atoms with Crippen molar-refractivity contribution in [1.82, 2.24) is 15.1 Å². The highest BCUT2D eigenvalue weighted by Crippen LogP contribution is 2.44. The van der Waals surface area contributed by atoms with E-state index < -0.39 is 27.4 Å². The quantitative estimate of drug-likeness (QED) is 0.430. The van der Waals surface area contributed by atoms with Crippen LogP contribution in [0.15, 0.2) is 54.7 Å². The second-order valence-corrected chi connectivity index (χ2v) is 13.8. The highest BCUT2D eigenvalue weighted by atomic mass is 32.2. The molecule has 8 nitrogen and oxygen atoms in total. The van der Waals surface area contributed by atoms with Crippen LogP contribution >= 0.6 is 0 Å². The second kappa shape index (κ2) is 10.6. The topological polar surface area (TPSA) is 115 Å². The molecule has 2 aromatic carbocycles. The van der Waals surface area contributed by atoms with E-state index in [1.165, 1.54) is 12.1 Å². The van der Waals surface area contributed by atoms with E-state index in [0.717, 1.165) is 16.8 Å². The number of nitrogens with zero attached hydrogens (tertiary/aromatic N) is 4. The molecule has 2 heterocycles. The lowest BCUT2D eigenvalue weighted by atomic mass is 9.74. The van der Waals surface area contributed by atoms with Gasteiger partial charge in [0.2, 0.25) is 5.91 Å². The number of carbonyl (C=O) groups excluding carboxylic acids is 1. The predicted octanol–water partition coefficient (Wildman–Crippen LogP) is 4.94. The molecule has 3 fully saturated rings. The van der Waals surface area contributed by atoms with E-state index in [1.807, 2.05) is 30.5 Å². The number of halogens is 2. The standard InChI is InChI=1S/C30H32F2N6O2S/c31-21-3-8-24(9-4-21)38-18-27(20-1-6-23(7-2-20)37-13-15-41(34,40)16-14-37)28(36-38)25-10-5-22(32)17-26(25)29(39)35-30(19-33)11-12-30/h1-4,6-9,18,22,25-26,34H,5,10-17H2,(H,35,39)/t22-,25+,26+/m0/s1. The minimum atomic E-state index is -2.50. The van der Waals surface area contributed by atoms with Gasteiger partial charge in [0.05, 0.1) is 17.5 Å². The van der Waals surface area contributed by atoms with E-state index in [1.54, 1.807) is 16.8 Å². The lowest BCUT2D eigenvalue weighted by molar-refractivity contribution is -0.128. The van der Waals surface area contributed by atoms with Crippen molar-refractivity contribution in [1.29, 1.82) is 10.0 Å². The Kier molecular flexibility index (Phi) is 7.06. The predicted molar refractivity (Wildman–Crippen MR) is 152 cm³/mol. The van der Waals surface area contributed by atoms with E-state index in [2.05, 4.69) is 16.3 Å². The highest BCUT2D eigenvalue weighted by molar-refractivity contribution is 7.92. The van der Waals surface area contributed by atoms with Gasteiger partial charge in [-0.05, 0) is 74.1 Å². The number of aromatic nitrogens is 2. The first-order chi connectivity index (χ1) is 19.7. The van der Waals surface area contributed by atoms with Crippen LogP contribution in [0.1, 0.15) is 43.7 Å². The Morgan fingerprint density at radius 2 is 1.73 bits per heavy atom. The van der Waals surface area contributed by atoms with Crippen LogP contribution in [0.3, 0.4) is 0 Å². The molecule has 0 spiro atoms. The summed E-state index contributed by atoms with van der Waals surface area (Å²) in [7, 11) is -2.50. The Morgan fingerprint density at radius 1 is 1.07 bits per heavy atom. The van der Waals surface area contributed by atoms with Gasteiger partial charge in [0.1, 0.15) is 17.5 Å². The third-order valence-corrected chi connectivity index (χ3v) is 10.2. The third kappa shape index (κ3) is 5.71. The number of benzene rings is 2. The molecule has 214 valence electrons. The molecular weight excluding hydrogens is 546 g/mol. The van der Waals surface area contributed by atoms with Crippen LogP contribution in [0.4, 0.5) is 14.5 Å². The van der Waals surface area contributed by atoms with E-state index >= 15 is 0 Å². The Morgan fingerprint density at radius 3 is 2.37 bits per heavy atom. The van der Waals surface area contributed by atoms with Gasteiger partial charge in [0, 0.05) is 63.6 Å². The van der Waals surface area contributed by atoms with E-state index in [9.17, 15) is 23.0 Å². The molecule has 2 N–H and O–H groups in total. The zero-order valence-electron chi connectivity index (χ0n) is 22.6. The fourth-order valence-electron chi connectivity index (χ4n) is 5.90. The average Bonchev–Trinajstić information content (AvgIpc) is 3.60. The summed E-state index contributed by atoms with van der Waals surface area (Å²) in [4.78, 5) is 15.5. The second-order valence-electron chi connectivity index (χ2n) is 11.4. The Hall–Kier alpha value is -3.78. The number of nitriles is 1. The van der Waals surface area contributed by atoms with Crippen LogP contribution in [0.25, 0.3) is 16.8 Å². The molecule has 0 unspecified atom stereocenters. The van der Waals surface area contributed by atoms with Crippen LogP contribution in [-0.4, -0.2) is 56.2 Å². The maximum Gasteiger partial charge on any atom is 0.225 e. The summed E-state index contributed by atoms with van der Waals surface area (Å²) in [5, 5.41) is 17.3. The molecule has 1 amide bonds. The number of anilines is 1. The van der Waals surface area contributed by atoms with Crippen LogP contribution in [0.2, 0.25) is 0 Å².